The lowest BCUT2D eigenvalue weighted by molar-refractivity contribution is -0.375. The molecule has 0 saturated heterocycles. The van der Waals surface area contributed by atoms with Gasteiger partial charge in [0.25, 0.3) is 0 Å². The van der Waals surface area contributed by atoms with Gasteiger partial charge in [-0.2, -0.15) is 22.0 Å². The molecule has 0 aliphatic carbocycles. The van der Waals surface area contributed by atoms with Crippen LogP contribution < -0.4 is 0 Å². The molecule has 1 unspecified atom stereocenters. The maximum atomic E-state index is 13.4. The molecule has 1 aromatic carbocycles. The summed E-state index contributed by atoms with van der Waals surface area (Å²) in [7, 11) is 0. The van der Waals surface area contributed by atoms with Crippen molar-refractivity contribution >= 4 is 0 Å². The van der Waals surface area contributed by atoms with E-state index in [-0.39, 0.29) is 6.07 Å². The van der Waals surface area contributed by atoms with Crippen molar-refractivity contribution in [1.82, 2.24) is 0 Å². The molecule has 0 radical (unpaired) electrons. The van der Waals surface area contributed by atoms with Crippen LogP contribution in [0.2, 0.25) is 0 Å². The maximum absolute atomic E-state index is 13.4. The fourth-order valence-corrected chi connectivity index (χ4v) is 1.21. The van der Waals surface area contributed by atoms with Crippen LogP contribution in [-0.4, -0.2) is 17.4 Å². The van der Waals surface area contributed by atoms with E-state index in [1.165, 1.54) is 0 Å². The average Bonchev–Trinajstić information content (AvgIpc) is 2.12. The second-order valence-electron chi connectivity index (χ2n) is 3.21. The van der Waals surface area contributed by atoms with Gasteiger partial charge in [0, 0.05) is 5.56 Å². The minimum atomic E-state index is -6.10. The quantitative estimate of drug-likeness (QED) is 0.812. The topological polar surface area (TPSA) is 20.2 Å². The molecule has 0 bridgehead atoms. The second kappa shape index (κ2) is 3.86. The van der Waals surface area contributed by atoms with E-state index in [4.69, 9.17) is 5.11 Å². The third-order valence-corrected chi connectivity index (χ3v) is 2.03. The molecule has 17 heavy (non-hydrogen) atoms. The number of rotatable bonds is 2. The van der Waals surface area contributed by atoms with Gasteiger partial charge in [-0.1, -0.05) is 12.1 Å². The van der Waals surface area contributed by atoms with Gasteiger partial charge in [0.1, 0.15) is 5.82 Å². The number of benzene rings is 1. The number of alkyl halides is 6. The highest BCUT2D eigenvalue weighted by Gasteiger charge is 2.72. The molecular formula is C9H5F7O. The molecule has 8 heteroatoms. The van der Waals surface area contributed by atoms with Crippen molar-refractivity contribution in [3.63, 3.8) is 0 Å². The van der Waals surface area contributed by atoms with E-state index in [2.05, 4.69) is 0 Å². The van der Waals surface area contributed by atoms with Gasteiger partial charge in [-0.3, -0.25) is 0 Å². The molecule has 1 aromatic rings. The minimum absolute atomic E-state index is 0.0579. The summed E-state index contributed by atoms with van der Waals surface area (Å²) in [6.07, 6.45) is -11.8. The van der Waals surface area contributed by atoms with E-state index >= 15 is 0 Å². The molecule has 0 fully saturated rings. The molecule has 1 rings (SSSR count). The van der Waals surface area contributed by atoms with Crippen molar-refractivity contribution in [1.29, 1.82) is 0 Å². The van der Waals surface area contributed by atoms with Gasteiger partial charge in [-0.25, -0.2) is 8.78 Å². The fraction of sp³-hybridized carbons (Fsp3) is 0.333. The SMILES string of the molecule is OC(F)(F)C(F)(c1cccc(F)c1)C(F)(F)F. The Morgan fingerprint density at radius 1 is 0.941 bits per heavy atom. The van der Waals surface area contributed by atoms with Crippen LogP contribution in [0.5, 0.6) is 0 Å². The van der Waals surface area contributed by atoms with Crippen LogP contribution in [0.15, 0.2) is 24.3 Å². The zero-order valence-corrected chi connectivity index (χ0v) is 7.90. The molecule has 0 saturated carbocycles. The summed E-state index contributed by atoms with van der Waals surface area (Å²) in [4.78, 5) is 0. The smallest absolute Gasteiger partial charge is 0.333 e. The van der Waals surface area contributed by atoms with E-state index in [1.807, 2.05) is 0 Å². The van der Waals surface area contributed by atoms with Crippen molar-refractivity contribution in [3.8, 4) is 0 Å². The predicted molar refractivity (Wildman–Crippen MR) is 42.4 cm³/mol. The fourth-order valence-electron chi connectivity index (χ4n) is 1.21. The van der Waals surface area contributed by atoms with Crippen LogP contribution in [0.4, 0.5) is 30.7 Å². The van der Waals surface area contributed by atoms with E-state index in [1.54, 1.807) is 0 Å². The van der Waals surface area contributed by atoms with Crippen LogP contribution in [0.25, 0.3) is 0 Å². The van der Waals surface area contributed by atoms with Gasteiger partial charge in [0.15, 0.2) is 0 Å². The summed E-state index contributed by atoms with van der Waals surface area (Å²) in [5.74, 6) is -1.34. The lowest BCUT2D eigenvalue weighted by Crippen LogP contribution is -2.52. The highest BCUT2D eigenvalue weighted by Crippen LogP contribution is 2.51. The molecule has 0 aromatic heterocycles. The molecule has 0 aliphatic rings. The van der Waals surface area contributed by atoms with E-state index in [9.17, 15) is 30.7 Å². The third kappa shape index (κ3) is 2.21. The van der Waals surface area contributed by atoms with Crippen molar-refractivity contribution in [3.05, 3.63) is 35.6 Å². The molecule has 1 N–H and O–H groups in total. The summed E-state index contributed by atoms with van der Waals surface area (Å²) in [5, 5.41) is 8.07. The number of hydrogen-bond donors (Lipinski definition) is 1. The van der Waals surface area contributed by atoms with E-state index in [0.717, 1.165) is 0 Å². The molecular weight excluding hydrogens is 257 g/mol. The van der Waals surface area contributed by atoms with Gasteiger partial charge < -0.3 is 5.11 Å². The lowest BCUT2D eigenvalue weighted by atomic mass is 9.93. The Morgan fingerprint density at radius 3 is 1.82 bits per heavy atom. The number of halogens is 7. The van der Waals surface area contributed by atoms with Crippen LogP contribution >= 0.6 is 0 Å². The van der Waals surface area contributed by atoms with Gasteiger partial charge in [-0.05, 0) is 12.1 Å². The summed E-state index contributed by atoms with van der Waals surface area (Å²) in [5.41, 5.74) is -7.07. The van der Waals surface area contributed by atoms with Crippen LogP contribution in [-0.2, 0) is 5.67 Å². The summed E-state index contributed by atoms with van der Waals surface area (Å²) >= 11 is 0. The maximum Gasteiger partial charge on any atom is 0.435 e. The second-order valence-corrected chi connectivity index (χ2v) is 3.21. The largest absolute Gasteiger partial charge is 0.435 e. The third-order valence-electron chi connectivity index (χ3n) is 2.03. The van der Waals surface area contributed by atoms with Crippen LogP contribution in [0.1, 0.15) is 5.56 Å². The van der Waals surface area contributed by atoms with E-state index in [0.29, 0.717) is 18.2 Å². The molecule has 1 nitrogen and oxygen atoms in total. The monoisotopic (exact) mass is 262 g/mol. The van der Waals surface area contributed by atoms with Crippen LogP contribution in [0.3, 0.4) is 0 Å². The van der Waals surface area contributed by atoms with E-state index < -0.39 is 29.3 Å². The van der Waals surface area contributed by atoms with Crippen molar-refractivity contribution in [2.24, 2.45) is 0 Å². The Hall–Kier alpha value is -1.31. The van der Waals surface area contributed by atoms with Crippen molar-refractivity contribution in [2.45, 2.75) is 18.0 Å². The average molecular weight is 262 g/mol. The normalized spacial score (nSPS) is 16.7. The van der Waals surface area contributed by atoms with Gasteiger partial charge in [-0.15, -0.1) is 0 Å². The minimum Gasteiger partial charge on any atom is -0.333 e. The van der Waals surface area contributed by atoms with Crippen LogP contribution in [0, 0.1) is 5.82 Å². The molecule has 1 atom stereocenters. The zero-order chi connectivity index (χ0) is 13.5. The molecule has 96 valence electrons. The lowest BCUT2D eigenvalue weighted by Gasteiger charge is -2.31. The first-order chi connectivity index (χ1) is 7.50. The first-order valence-electron chi connectivity index (χ1n) is 4.12. The standard InChI is InChI=1S/C9H5F7O/c10-6-3-1-2-5(4-6)7(11,8(12,13)14)9(15,16)17/h1-4,17H. The van der Waals surface area contributed by atoms with Gasteiger partial charge >= 0.3 is 18.0 Å². The Kier molecular flexibility index (Phi) is 3.13. The highest BCUT2D eigenvalue weighted by molar-refractivity contribution is 5.27. The number of aliphatic hydroxyl groups is 1. The Balaban J connectivity index is 3.46. The Morgan fingerprint density at radius 2 is 1.47 bits per heavy atom. The molecule has 0 amide bonds. The summed E-state index contributed by atoms with van der Waals surface area (Å²) in [6.45, 7) is 0. The molecule has 0 heterocycles. The first kappa shape index (κ1) is 13.8. The number of hydrogen-bond acceptors (Lipinski definition) is 1. The Labute approximate surface area is 90.5 Å². The highest BCUT2D eigenvalue weighted by atomic mass is 19.4. The van der Waals surface area contributed by atoms with Crippen molar-refractivity contribution in [2.75, 3.05) is 0 Å². The Bertz CT molecular complexity index is 393. The predicted octanol–water partition coefficient (Wildman–Crippen LogP) is 3.14. The zero-order valence-electron chi connectivity index (χ0n) is 7.90. The molecule has 0 aliphatic heterocycles. The van der Waals surface area contributed by atoms with Gasteiger partial charge in [0.2, 0.25) is 0 Å². The summed E-state index contributed by atoms with van der Waals surface area (Å²) < 4.78 is 87.7. The van der Waals surface area contributed by atoms with Crippen molar-refractivity contribution < 1.29 is 35.8 Å². The first-order valence-corrected chi connectivity index (χ1v) is 4.12. The molecule has 0 spiro atoms. The van der Waals surface area contributed by atoms with Gasteiger partial charge in [0.05, 0.1) is 0 Å². The summed E-state index contributed by atoms with van der Waals surface area (Å²) in [6, 6.07) is 1.52.